The number of para-hydroxylation sites is 1. The van der Waals surface area contributed by atoms with Crippen molar-refractivity contribution in [3.63, 3.8) is 0 Å². The minimum Gasteiger partial charge on any atom is -0.453 e. The zero-order chi connectivity index (χ0) is 38.5. The molecule has 0 radical (unpaired) electrons. The number of nitrogens with zero attached hydrogens (tertiary/aromatic N) is 2. The van der Waals surface area contributed by atoms with Gasteiger partial charge in [-0.05, 0) is 71.8 Å². The zero-order valence-electron chi connectivity index (χ0n) is 31.6. The van der Waals surface area contributed by atoms with Crippen LogP contribution in [0.25, 0.3) is 11.1 Å². The van der Waals surface area contributed by atoms with E-state index in [2.05, 4.69) is 45.6 Å². The van der Waals surface area contributed by atoms with Crippen LogP contribution in [0, 0.1) is 5.92 Å². The molecule has 3 aliphatic heterocycles. The fraction of sp³-hybridized carbons (Fsp3) is 0.386. The van der Waals surface area contributed by atoms with Crippen LogP contribution >= 0.6 is 0 Å². The molecule has 5 unspecified atom stereocenters. The number of esters is 1. The number of carbonyl (C=O) groups excluding carboxylic acids is 3. The number of benzene rings is 4. The molecule has 7 rings (SSSR count). The van der Waals surface area contributed by atoms with Crippen molar-refractivity contribution in [3.8, 4) is 11.1 Å². The second-order valence-corrected chi connectivity index (χ2v) is 14.9. The highest BCUT2D eigenvalue weighted by atomic mass is 16.7. The summed E-state index contributed by atoms with van der Waals surface area (Å²) in [4.78, 5) is 41.7. The maximum absolute atomic E-state index is 13.3. The molecule has 3 fully saturated rings. The third-order valence-electron chi connectivity index (χ3n) is 11.2. The van der Waals surface area contributed by atoms with Gasteiger partial charge in [0.15, 0.2) is 12.4 Å². The maximum Gasteiger partial charge on any atom is 0.303 e. The smallest absolute Gasteiger partial charge is 0.303 e. The van der Waals surface area contributed by atoms with Crippen LogP contribution in [0.15, 0.2) is 103 Å². The lowest BCUT2D eigenvalue weighted by Gasteiger charge is -2.46. The summed E-state index contributed by atoms with van der Waals surface area (Å²) in [5.74, 6) is -0.749. The molecule has 3 aliphatic rings. The topological polar surface area (TPSA) is 130 Å². The number of hydrogen-bond donors (Lipinski definition) is 3. The molecule has 5 atom stereocenters. The molecule has 0 aromatic heterocycles. The number of aliphatic hydroxyl groups excluding tert-OH is 1. The average molecular weight is 747 g/mol. The Kier molecular flexibility index (Phi) is 11.6. The average Bonchev–Trinajstić information content (AvgIpc) is 3.52. The quantitative estimate of drug-likeness (QED) is 0.167. The van der Waals surface area contributed by atoms with Crippen LogP contribution in [0.5, 0.6) is 0 Å². The molecule has 4 aromatic carbocycles. The second-order valence-electron chi connectivity index (χ2n) is 14.9. The number of amides is 2. The minimum absolute atomic E-state index is 0.0151. The van der Waals surface area contributed by atoms with Crippen molar-refractivity contribution in [1.29, 1.82) is 0 Å². The molecular formula is C44H50N4O7. The molecule has 0 saturated carbocycles. The molecule has 11 nitrogen and oxygen atoms in total. The highest BCUT2D eigenvalue weighted by Crippen LogP contribution is 2.43. The molecule has 55 heavy (non-hydrogen) atoms. The lowest BCUT2D eigenvalue weighted by molar-refractivity contribution is -0.276. The van der Waals surface area contributed by atoms with Gasteiger partial charge in [0.1, 0.15) is 5.54 Å². The van der Waals surface area contributed by atoms with Gasteiger partial charge in [0.2, 0.25) is 5.91 Å². The van der Waals surface area contributed by atoms with Gasteiger partial charge in [-0.1, -0.05) is 85.8 Å². The highest BCUT2D eigenvalue weighted by molar-refractivity contribution is 5.93. The molecular weight excluding hydrogens is 697 g/mol. The molecule has 3 N–H and O–H groups in total. The number of likely N-dealkylation sites (tertiary alicyclic amines) is 1. The largest absolute Gasteiger partial charge is 0.453 e. The van der Waals surface area contributed by atoms with Crippen molar-refractivity contribution < 1.29 is 33.7 Å². The predicted molar refractivity (Wildman–Crippen MR) is 208 cm³/mol. The number of carbonyl (C=O) groups is 3. The van der Waals surface area contributed by atoms with Crippen LogP contribution in [0.2, 0.25) is 0 Å². The number of nitrogens with one attached hydrogen (secondary N) is 2. The number of anilines is 1. The van der Waals surface area contributed by atoms with Gasteiger partial charge in [0.05, 0.1) is 25.5 Å². The molecule has 0 aliphatic carbocycles. The number of aliphatic hydroxyl groups is 1. The lowest BCUT2D eigenvalue weighted by Crippen LogP contribution is -2.57. The van der Waals surface area contributed by atoms with Crippen molar-refractivity contribution >= 4 is 23.5 Å². The van der Waals surface area contributed by atoms with Crippen molar-refractivity contribution in [1.82, 2.24) is 15.5 Å². The highest BCUT2D eigenvalue weighted by Gasteiger charge is 2.51. The van der Waals surface area contributed by atoms with Crippen LogP contribution in [0.1, 0.15) is 68.3 Å². The number of ether oxygens (including phenoxy) is 3. The van der Waals surface area contributed by atoms with E-state index in [1.54, 1.807) is 6.92 Å². The molecule has 0 bridgehead atoms. The predicted octanol–water partition coefficient (Wildman–Crippen LogP) is 5.63. The summed E-state index contributed by atoms with van der Waals surface area (Å²) in [6, 6.07) is 34.2. The molecule has 2 amide bonds. The third-order valence-corrected chi connectivity index (χ3v) is 11.2. The third kappa shape index (κ3) is 8.45. The first-order valence-electron chi connectivity index (χ1n) is 19.1. The minimum atomic E-state index is -0.874. The SMILES string of the molecule is CC(=O)OC(C)C(=O)NCc1cccc(-c2cccc(C3OC(CN4CCC5(CC4)C(=O)NCN5c4ccccc4)C(C)C(c4ccc(CO)cc4)O3)c2)c1. The normalized spacial score (nSPS) is 22.9. The Morgan fingerprint density at radius 2 is 1.62 bits per heavy atom. The summed E-state index contributed by atoms with van der Waals surface area (Å²) in [5.41, 5.74) is 6.10. The zero-order valence-corrected chi connectivity index (χ0v) is 31.6. The summed E-state index contributed by atoms with van der Waals surface area (Å²) in [6.07, 6.45) is -0.497. The van der Waals surface area contributed by atoms with Crippen LogP contribution in [0.3, 0.4) is 0 Å². The van der Waals surface area contributed by atoms with Gasteiger partial charge in [-0.2, -0.15) is 0 Å². The first kappa shape index (κ1) is 38.2. The van der Waals surface area contributed by atoms with E-state index in [0.717, 1.165) is 65.0 Å². The van der Waals surface area contributed by atoms with Gasteiger partial charge in [0.25, 0.3) is 5.91 Å². The summed E-state index contributed by atoms with van der Waals surface area (Å²) < 4.78 is 18.7. The van der Waals surface area contributed by atoms with E-state index in [1.165, 1.54) is 6.92 Å². The molecule has 3 heterocycles. The summed E-state index contributed by atoms with van der Waals surface area (Å²) in [7, 11) is 0. The fourth-order valence-corrected chi connectivity index (χ4v) is 8.08. The van der Waals surface area contributed by atoms with Crippen molar-refractivity contribution in [2.75, 3.05) is 31.2 Å². The van der Waals surface area contributed by atoms with Crippen LogP contribution in [-0.4, -0.2) is 71.8 Å². The molecule has 288 valence electrons. The second kappa shape index (κ2) is 16.7. The van der Waals surface area contributed by atoms with E-state index in [9.17, 15) is 19.5 Å². The van der Waals surface area contributed by atoms with Gasteiger partial charge < -0.3 is 39.8 Å². The number of hydrogen-bond acceptors (Lipinski definition) is 9. The Bertz CT molecular complexity index is 1960. The summed E-state index contributed by atoms with van der Waals surface area (Å²) in [5, 5.41) is 15.7. The Morgan fingerprint density at radius 3 is 2.33 bits per heavy atom. The Labute approximate surface area is 322 Å². The number of rotatable bonds is 11. The maximum atomic E-state index is 13.3. The standard InChI is InChI=1S/C44H50N4O7/c1-29-39(26-47-21-19-44(20-22-47)43(52)46-28-48(44)38-13-5-4-6-14-38)54-42(55-40(29)34-17-15-32(27-49)16-18-34)37-12-8-11-36(24-37)35-10-7-9-33(23-35)25-45-41(51)30(2)53-31(3)50/h4-18,23-24,29-30,39-40,42,49H,19-22,25-28H2,1-3H3,(H,45,51)(H,46,52). The van der Waals surface area contributed by atoms with E-state index in [-0.39, 0.29) is 43.1 Å². The lowest BCUT2D eigenvalue weighted by atomic mass is 9.84. The first-order chi connectivity index (χ1) is 26.6. The number of piperidine rings is 1. The van der Waals surface area contributed by atoms with Crippen LogP contribution in [0.4, 0.5) is 5.69 Å². The van der Waals surface area contributed by atoms with Gasteiger partial charge in [-0.25, -0.2) is 0 Å². The van der Waals surface area contributed by atoms with Crippen LogP contribution in [-0.2, 0) is 41.7 Å². The van der Waals surface area contributed by atoms with E-state index in [4.69, 9.17) is 14.2 Å². The first-order valence-corrected chi connectivity index (χ1v) is 19.1. The summed E-state index contributed by atoms with van der Waals surface area (Å²) in [6.45, 7) is 7.99. The van der Waals surface area contributed by atoms with E-state index < -0.39 is 23.9 Å². The van der Waals surface area contributed by atoms with Crippen molar-refractivity contribution in [2.45, 2.75) is 76.9 Å². The van der Waals surface area contributed by atoms with Gasteiger partial charge >= 0.3 is 5.97 Å². The van der Waals surface area contributed by atoms with E-state index >= 15 is 0 Å². The molecule has 11 heteroatoms. The summed E-state index contributed by atoms with van der Waals surface area (Å²) >= 11 is 0. The fourth-order valence-electron chi connectivity index (χ4n) is 8.08. The van der Waals surface area contributed by atoms with E-state index in [1.807, 2.05) is 84.9 Å². The van der Waals surface area contributed by atoms with Crippen LogP contribution < -0.4 is 15.5 Å². The molecule has 1 spiro atoms. The van der Waals surface area contributed by atoms with Crippen molar-refractivity contribution in [3.05, 3.63) is 125 Å². The molecule has 3 saturated heterocycles. The van der Waals surface area contributed by atoms with E-state index in [0.29, 0.717) is 13.2 Å². The van der Waals surface area contributed by atoms with Gasteiger partial charge in [-0.15, -0.1) is 0 Å². The Hall–Kier alpha value is -5.07. The molecule has 4 aromatic rings. The Balaban J connectivity index is 1.09. The van der Waals surface area contributed by atoms with Gasteiger partial charge in [-0.3, -0.25) is 14.4 Å². The monoisotopic (exact) mass is 746 g/mol. The Morgan fingerprint density at radius 1 is 0.909 bits per heavy atom. The van der Waals surface area contributed by atoms with Crippen molar-refractivity contribution in [2.24, 2.45) is 5.92 Å². The van der Waals surface area contributed by atoms with Gasteiger partial charge in [0, 0.05) is 50.3 Å².